The van der Waals surface area contributed by atoms with Gasteiger partial charge in [0.1, 0.15) is 47.5 Å². The summed E-state index contributed by atoms with van der Waals surface area (Å²) in [7, 11) is -6.49. The first-order valence-corrected chi connectivity index (χ1v) is 57.2. The van der Waals surface area contributed by atoms with E-state index >= 15 is 0 Å². The maximum Gasteiger partial charge on any atom is 0.321 e. The summed E-state index contributed by atoms with van der Waals surface area (Å²) in [5.74, 6) is -4.56. The number of nitrogens with two attached hydrogens (primary N) is 3. The molecule has 5 aliphatic heterocycles. The van der Waals surface area contributed by atoms with Crippen LogP contribution in [-0.4, -0.2) is 230 Å². The number of carbonyl (C=O) groups excluding carboxylic acids is 4. The van der Waals surface area contributed by atoms with E-state index in [0.717, 1.165) is 131 Å². The number of sulfonamides is 3. The van der Waals surface area contributed by atoms with Crippen LogP contribution in [0.5, 0.6) is 0 Å². The van der Waals surface area contributed by atoms with Crippen LogP contribution in [0.1, 0.15) is 157 Å². The van der Waals surface area contributed by atoms with Crippen molar-refractivity contribution in [2.75, 3.05) is 138 Å². The van der Waals surface area contributed by atoms with E-state index in [1.165, 1.54) is 175 Å². The molecule has 150 heavy (non-hydrogen) atoms. The van der Waals surface area contributed by atoms with Gasteiger partial charge in [0.05, 0.1) is 67.1 Å². The second-order valence-corrected chi connectivity index (χ2v) is 44.9. The number of aliphatic carboxylic acids is 1. The number of alkyl halides is 1. The van der Waals surface area contributed by atoms with E-state index in [2.05, 4.69) is 137 Å². The van der Waals surface area contributed by atoms with Crippen molar-refractivity contribution >= 4 is 141 Å². The average Bonchev–Trinajstić information content (AvgIpc) is 1.04. The van der Waals surface area contributed by atoms with E-state index in [1.54, 1.807) is 65.8 Å². The highest BCUT2D eigenvalue weighted by Crippen LogP contribution is 2.30. The zero-order chi connectivity index (χ0) is 112. The van der Waals surface area contributed by atoms with Crippen LogP contribution in [-0.2, 0) is 96.8 Å². The monoisotopic (exact) mass is 2260 g/mol. The van der Waals surface area contributed by atoms with Crippen molar-refractivity contribution in [2.24, 2.45) is 17.2 Å². The number of rotatable bonds is 29. The van der Waals surface area contributed by atoms with E-state index in [9.17, 15) is 75.2 Å². The lowest BCUT2D eigenvalue weighted by atomic mass is 10.1. The summed E-state index contributed by atoms with van der Waals surface area (Å²) in [6.07, 6.45) is 13.9. The number of halogens is 7. The van der Waals surface area contributed by atoms with Crippen LogP contribution in [0.2, 0.25) is 5.02 Å². The average molecular weight is 2270 g/mol. The first-order valence-electron chi connectivity index (χ1n) is 49.0. The minimum atomic E-state index is -3.93. The molecule has 42 heteroatoms. The molecular weight excluding hydrogens is 2120 g/mol. The summed E-state index contributed by atoms with van der Waals surface area (Å²) in [6, 6.07) is 57.1. The van der Waals surface area contributed by atoms with Gasteiger partial charge in [-0.15, -0.1) is 0 Å². The Balaban J connectivity index is 0.000000435. The molecule has 0 aromatic heterocycles. The Kier molecular flexibility index (Phi) is 63.7. The number of esters is 3. The highest BCUT2D eigenvalue weighted by atomic mass is 79.9. The first-order chi connectivity index (χ1) is 71.0. The number of ether oxygens (including phenoxy) is 3. The number of methoxy groups -OCH3 is 3. The minimum absolute atomic E-state index is 0.0104. The quantitative estimate of drug-likeness (QED) is 0.00633. The molecule has 5 saturated heterocycles. The number of carboxylic acid groups (broad SMARTS) is 1. The molecule has 14 rings (SSSR count). The molecular formula is C108H147BrCl2F4N14O17S4. The van der Waals surface area contributed by atoms with Crippen molar-refractivity contribution in [3.63, 3.8) is 0 Å². The summed E-state index contributed by atoms with van der Waals surface area (Å²) in [6.45, 7) is 43.4. The van der Waals surface area contributed by atoms with Crippen molar-refractivity contribution in [1.29, 1.82) is 0 Å². The van der Waals surface area contributed by atoms with Gasteiger partial charge in [-0.3, -0.25) is 24.0 Å². The smallest absolute Gasteiger partial charge is 0.321 e. The number of nitrogens with one attached hydrogen (secondary N) is 2. The summed E-state index contributed by atoms with van der Waals surface area (Å²) >= 11 is 8.48. The number of hydrogen-bond acceptors (Lipinski definition) is 25. The Morgan fingerprint density at radius 1 is 0.433 bits per heavy atom. The van der Waals surface area contributed by atoms with Crippen LogP contribution >= 0.6 is 38.2 Å². The van der Waals surface area contributed by atoms with E-state index in [0.29, 0.717) is 48.8 Å². The molecule has 9 N–H and O–H groups in total. The normalized spacial score (nSPS) is 13.4. The van der Waals surface area contributed by atoms with Gasteiger partial charge in [0.15, 0.2) is 11.4 Å². The topological polar surface area (TPSA) is 403 Å². The molecule has 0 aliphatic carbocycles. The molecule has 9 aromatic rings. The van der Waals surface area contributed by atoms with Crippen LogP contribution in [0.4, 0.5) is 51.7 Å². The third-order valence-electron chi connectivity index (χ3n) is 22.1. The van der Waals surface area contributed by atoms with Gasteiger partial charge in [0, 0.05) is 134 Å². The molecule has 5 fully saturated rings. The number of carboxylic acids is 1. The molecule has 0 atom stereocenters. The van der Waals surface area contributed by atoms with E-state index in [4.69, 9.17) is 57.7 Å². The van der Waals surface area contributed by atoms with E-state index in [1.807, 2.05) is 58.0 Å². The molecule has 824 valence electrons. The Bertz CT molecular complexity index is 6010. The zero-order valence-electron chi connectivity index (χ0n) is 87.7. The summed E-state index contributed by atoms with van der Waals surface area (Å²) < 4.78 is 163. The molecule has 31 nitrogen and oxygen atoms in total. The predicted molar refractivity (Wildman–Crippen MR) is 592 cm³/mol. The molecule has 0 saturated carbocycles. The maximum atomic E-state index is 13.2. The molecule has 5 aliphatic rings. The largest absolute Gasteiger partial charge is 0.480 e. The Hall–Kier alpha value is -11.0. The second kappa shape index (κ2) is 71.7. The molecule has 0 bridgehead atoms. The molecule has 0 amide bonds. The molecule has 0 spiro atoms. The van der Waals surface area contributed by atoms with Crippen molar-refractivity contribution in [2.45, 2.75) is 209 Å². The number of aryl methyl sites for hydroxylation is 1. The summed E-state index contributed by atoms with van der Waals surface area (Å²) in [5, 5.41) is 15.8. The third-order valence-corrected chi connectivity index (χ3v) is 30.2. The number of carbonyl (C=O) groups is 5. The lowest BCUT2D eigenvalue weighted by Gasteiger charge is -2.25. The zero-order valence-corrected chi connectivity index (χ0v) is 94.1. The van der Waals surface area contributed by atoms with Crippen LogP contribution in [0.15, 0.2) is 238 Å². The Labute approximate surface area is 903 Å². The van der Waals surface area contributed by atoms with Gasteiger partial charge in [-0.1, -0.05) is 116 Å². The van der Waals surface area contributed by atoms with Crippen LogP contribution in [0, 0.1) is 36.4 Å². The Morgan fingerprint density at radius 2 is 0.733 bits per heavy atom. The lowest BCUT2D eigenvalue weighted by Crippen LogP contribution is -2.40. The van der Waals surface area contributed by atoms with Gasteiger partial charge in [0.25, 0.3) is 9.05 Å². The fourth-order valence-corrected chi connectivity index (χ4v) is 20.2. The SMILES string of the molecule is C1CCNC1.CC(C)N.CC(C)N(CC(=O)CCc1cccc(N2CCCC2)c1)S(=O)(=O)c1ccc(F)cc1.CC(C)N(CC(=O)O)S(=O)(=O)c1ccc(F)cc1.COC(=O)CBr.COC(=O)CN(C(C)C)S(=O)(=O)c1ccc(F)cc1.COC(=O)CNC(C)C.NCc1cccc(N2CCCC2)c1.NCc1cccc(N2CCCC2)c1.O=S(=O)(Cl)c1ccc(F)cc1.[C-]#[N+]c1cccc(Cl)c1.[C-]#[N+]c1cccc(N2CCCC2)c1. The number of benzene rings is 9. The molecule has 0 radical (unpaired) electrons. The second-order valence-electron chi connectivity index (χ2n) is 35.6. The van der Waals surface area contributed by atoms with Gasteiger partial charge < -0.3 is 66.8 Å². The standard InChI is InChI=1S/C23H29FN2O3S.C12H16FNO4S.C11H14FNO4S.C11H12N2.2C11H16N2.C7H4ClN.C6H4ClFO2S.C6H13NO2.C4H9N.C3H5BrO2.C3H9N/c1-18(2)26(30(28,29)23-12-9-20(24)10-13-23)17-22(27)11-8-19-6-5-7-21(16-19)25-14-3-4-15-25;1-9(2)14(8-12(15)18-3)19(16,17)11-6-4-10(13)5-7-11;1-8(2)13(7-11(14)15)18(16,17)10-5-3-9(12)4-6-10;1-12-10-5-4-6-11(9-10)13-7-2-3-8-13;2*12-9-10-4-3-5-11(8-10)13-6-1-2-7-13;1-9-7-4-2-3-6(8)5-7;7-11(9,10)6-3-1-5(8)2-4-6;1-5(2)7-4-6(8)9-3;1-2-4-5-3-1;1-6-3(5)2-4;1-3(2)4/h5-7,9-10,12-13,16,18H,3-4,8,11,14-15,17H2,1-2H3;4-7,9H,8H2,1-3H3;3-6,8H,7H2,1-2H3,(H,14,15);4-6,9H,2-3,7-8H2;2*3-5,8H,1-2,6-7,9,12H2;2-5H;1-4H;5,7H,4H2,1-3H3;5H,1-4H2;2H2,1H3;3H,4H2,1-2H3. The Morgan fingerprint density at radius 3 is 1.01 bits per heavy atom. The van der Waals surface area contributed by atoms with Gasteiger partial charge in [-0.2, -0.15) is 12.9 Å². The number of hydrogen-bond donors (Lipinski definition) is 6. The van der Waals surface area contributed by atoms with Crippen LogP contribution in [0.3, 0.4) is 0 Å². The number of Topliss-reactive ketones (excluding diaryl/α,β-unsaturated/α-hetero) is 1. The van der Waals surface area contributed by atoms with Crippen molar-refractivity contribution in [1.82, 2.24) is 23.5 Å². The minimum Gasteiger partial charge on any atom is -0.480 e. The van der Waals surface area contributed by atoms with E-state index < -0.39 is 93.0 Å². The van der Waals surface area contributed by atoms with Gasteiger partial charge in [0.2, 0.25) is 30.1 Å². The highest BCUT2D eigenvalue weighted by Gasteiger charge is 2.33. The van der Waals surface area contributed by atoms with Crippen molar-refractivity contribution in [3.8, 4) is 0 Å². The number of nitrogens with zero attached hydrogens (tertiary/aromatic N) is 9. The number of anilines is 4. The molecule has 9 aromatic carbocycles. The maximum absolute atomic E-state index is 13.2. The fraction of sp³-hybridized carbons (Fsp3) is 0.435. The van der Waals surface area contributed by atoms with Gasteiger partial charge >= 0.3 is 23.9 Å². The van der Waals surface area contributed by atoms with Crippen molar-refractivity contribution < 1.29 is 94.5 Å². The van der Waals surface area contributed by atoms with Gasteiger partial charge in [-0.25, -0.2) is 60.9 Å². The summed E-state index contributed by atoms with van der Waals surface area (Å²) in [5.41, 5.74) is 26.2. The van der Waals surface area contributed by atoms with Crippen LogP contribution in [0.25, 0.3) is 9.69 Å². The molecule has 0 unspecified atom stereocenters. The predicted octanol–water partition coefficient (Wildman–Crippen LogP) is 19.1. The van der Waals surface area contributed by atoms with Gasteiger partial charge in [-0.05, 0) is 306 Å². The lowest BCUT2D eigenvalue weighted by molar-refractivity contribution is -0.141. The third kappa shape index (κ3) is 52.3. The molecule has 5 heterocycles. The fourth-order valence-electron chi connectivity index (χ4n) is 14.2. The highest BCUT2D eigenvalue weighted by molar-refractivity contribution is 9.09. The number of ketones is 1. The van der Waals surface area contributed by atoms with Crippen molar-refractivity contribution in [3.05, 3.63) is 286 Å². The first kappa shape index (κ1) is 133. The summed E-state index contributed by atoms with van der Waals surface area (Å²) in [4.78, 5) is 70.8. The van der Waals surface area contributed by atoms with Crippen LogP contribution < -0.4 is 47.4 Å². The van der Waals surface area contributed by atoms with E-state index in [-0.39, 0.29) is 68.2 Å².